The van der Waals surface area contributed by atoms with Crippen LogP contribution in [0.15, 0.2) is 48.7 Å². The van der Waals surface area contributed by atoms with Gasteiger partial charge in [-0.25, -0.2) is 0 Å². The van der Waals surface area contributed by atoms with Gasteiger partial charge in [-0.05, 0) is 78.5 Å². The third kappa shape index (κ3) is 10.6. The van der Waals surface area contributed by atoms with Gasteiger partial charge in [0.25, 0.3) is 0 Å². The number of nitrogens with one attached hydrogen (secondary N) is 1. The van der Waals surface area contributed by atoms with Crippen molar-refractivity contribution in [1.82, 2.24) is 10.2 Å². The zero-order chi connectivity index (χ0) is 33.2. The molecule has 0 saturated carbocycles. The van der Waals surface area contributed by atoms with Crippen molar-refractivity contribution >= 4 is 23.0 Å². The molecule has 1 aliphatic rings. The number of ether oxygens (including phenoxy) is 1. The van der Waals surface area contributed by atoms with E-state index in [1.165, 1.54) is 24.8 Å². The van der Waals surface area contributed by atoms with Crippen molar-refractivity contribution in [2.75, 3.05) is 6.61 Å². The second-order valence-corrected chi connectivity index (χ2v) is 11.5. The lowest BCUT2D eigenvalue weighted by Gasteiger charge is -2.26. The molecule has 1 N–H and O–H groups in total. The Balaban J connectivity index is 0.000000766. The standard InChI is InChI=1S/C28H31ClN2O2.C7H16.2C2H6/c1-5-17(4)24-14-18(25-15-30-31-26(25)7-3)8-10-23(24)22(6-2)28(32)20-12-19-13-21(29)9-11-27(19)33-16-20;1-4-6-7(3)5-2;2*1-2/h6,8-11,13-15,17,20H,5,7,12,16H2,1-4H3,(H,30,31);7H,4-6H2,1-3H3;2*1-2H3/b22-6+;;;/t;7-;;/m.1../s1. The number of aromatic amines is 1. The molecule has 0 spiro atoms. The summed E-state index contributed by atoms with van der Waals surface area (Å²) in [6, 6.07) is 12.1. The maximum atomic E-state index is 13.7. The van der Waals surface area contributed by atoms with E-state index in [1.807, 2.05) is 65.1 Å². The summed E-state index contributed by atoms with van der Waals surface area (Å²) >= 11 is 6.18. The number of nitrogens with zero attached hydrogens (tertiary/aromatic N) is 1. The highest BCUT2D eigenvalue weighted by molar-refractivity contribution is 6.30. The second kappa shape index (κ2) is 21.0. The first kappa shape index (κ1) is 39.2. The van der Waals surface area contributed by atoms with Crippen LogP contribution in [0, 0.1) is 11.8 Å². The normalized spacial score (nSPS) is 15.1. The van der Waals surface area contributed by atoms with Crippen molar-refractivity contribution in [3.05, 3.63) is 76.1 Å². The first-order valence-electron chi connectivity index (χ1n) is 17.1. The lowest BCUT2D eigenvalue weighted by atomic mass is 9.82. The van der Waals surface area contributed by atoms with Crippen LogP contribution < -0.4 is 4.74 Å². The maximum Gasteiger partial charge on any atom is 0.169 e. The maximum absolute atomic E-state index is 13.7. The van der Waals surface area contributed by atoms with Gasteiger partial charge in [-0.3, -0.25) is 9.89 Å². The number of allylic oxidation sites excluding steroid dienone is 2. The van der Waals surface area contributed by atoms with E-state index in [1.54, 1.807) is 0 Å². The van der Waals surface area contributed by atoms with Crippen LogP contribution in [0.3, 0.4) is 0 Å². The average Bonchev–Trinajstić information content (AvgIpc) is 3.56. The van der Waals surface area contributed by atoms with E-state index in [4.69, 9.17) is 16.3 Å². The molecule has 0 saturated heterocycles. The largest absolute Gasteiger partial charge is 0.493 e. The van der Waals surface area contributed by atoms with Gasteiger partial charge in [0, 0.05) is 21.9 Å². The molecule has 44 heavy (non-hydrogen) atoms. The number of carbonyl (C=O) groups excluding carboxylic acids is 1. The minimum absolute atomic E-state index is 0.123. The van der Waals surface area contributed by atoms with Crippen LogP contribution >= 0.6 is 11.6 Å². The van der Waals surface area contributed by atoms with E-state index < -0.39 is 0 Å². The number of rotatable bonds is 10. The number of benzene rings is 2. The summed E-state index contributed by atoms with van der Waals surface area (Å²) < 4.78 is 5.92. The van der Waals surface area contributed by atoms with Crippen molar-refractivity contribution in [3.63, 3.8) is 0 Å². The summed E-state index contributed by atoms with van der Waals surface area (Å²) in [5.74, 6) is 1.99. The molecule has 4 nitrogen and oxygen atoms in total. The molecule has 0 bridgehead atoms. The van der Waals surface area contributed by atoms with E-state index >= 15 is 0 Å². The Morgan fingerprint density at radius 1 is 1.05 bits per heavy atom. The van der Waals surface area contributed by atoms with E-state index in [0.29, 0.717) is 24.0 Å². The Kier molecular flexibility index (Phi) is 18.7. The van der Waals surface area contributed by atoms with Gasteiger partial charge in [0.1, 0.15) is 5.75 Å². The van der Waals surface area contributed by atoms with Crippen LogP contribution in [-0.4, -0.2) is 22.6 Å². The fraction of sp³-hybridized carbons (Fsp3) is 0.538. The number of aromatic nitrogens is 2. The fourth-order valence-electron chi connectivity index (χ4n) is 5.31. The SMILES string of the molecule is C/C=C(/C(=O)C1COc2ccc(Cl)cc2C1)c1ccc(-c2cn[nH]c2CC)cc1C(C)CC.CC.CC.CCC[C@H](C)CC. The first-order chi connectivity index (χ1) is 21.3. The molecule has 0 aliphatic carbocycles. The van der Waals surface area contributed by atoms with Gasteiger partial charge >= 0.3 is 0 Å². The topological polar surface area (TPSA) is 55.0 Å². The Morgan fingerprint density at radius 2 is 1.75 bits per heavy atom. The first-order valence-corrected chi connectivity index (χ1v) is 17.4. The second-order valence-electron chi connectivity index (χ2n) is 11.1. The van der Waals surface area contributed by atoms with Crippen molar-refractivity contribution in [2.45, 2.75) is 121 Å². The Morgan fingerprint density at radius 3 is 2.32 bits per heavy atom. The van der Waals surface area contributed by atoms with Gasteiger partial charge in [-0.2, -0.15) is 5.10 Å². The van der Waals surface area contributed by atoms with Crippen LogP contribution in [0.1, 0.15) is 130 Å². The highest BCUT2D eigenvalue weighted by Crippen LogP contribution is 2.37. The number of hydrogen-bond acceptors (Lipinski definition) is 3. The minimum atomic E-state index is -0.229. The average molecular weight is 623 g/mol. The fourth-order valence-corrected chi connectivity index (χ4v) is 5.51. The van der Waals surface area contributed by atoms with Crippen LogP contribution in [0.4, 0.5) is 0 Å². The van der Waals surface area contributed by atoms with Gasteiger partial charge < -0.3 is 4.74 Å². The van der Waals surface area contributed by atoms with Crippen LogP contribution in [0.2, 0.25) is 5.02 Å². The highest BCUT2D eigenvalue weighted by Gasteiger charge is 2.30. The molecule has 3 atom stereocenters. The predicted octanol–water partition coefficient (Wildman–Crippen LogP) is 11.9. The molecule has 0 fully saturated rings. The number of hydrogen-bond donors (Lipinski definition) is 1. The molecule has 5 heteroatoms. The zero-order valence-electron chi connectivity index (χ0n) is 29.4. The van der Waals surface area contributed by atoms with Crippen molar-refractivity contribution in [3.8, 4) is 16.9 Å². The number of fused-ring (bicyclic) bond motifs is 1. The van der Waals surface area contributed by atoms with Gasteiger partial charge in [-0.15, -0.1) is 0 Å². The molecule has 2 aromatic carbocycles. The van der Waals surface area contributed by atoms with Crippen LogP contribution in [0.25, 0.3) is 16.7 Å². The van der Waals surface area contributed by atoms with Crippen LogP contribution in [-0.2, 0) is 17.6 Å². The molecule has 0 radical (unpaired) electrons. The molecule has 0 amide bonds. The van der Waals surface area contributed by atoms with Crippen molar-refractivity contribution in [1.29, 1.82) is 0 Å². The quantitative estimate of drug-likeness (QED) is 0.229. The predicted molar refractivity (Wildman–Crippen MR) is 192 cm³/mol. The van der Waals surface area contributed by atoms with E-state index in [-0.39, 0.29) is 11.7 Å². The number of Topliss-reactive ketones (excluding diaryl/α,β-unsaturated/α-hetero) is 1. The number of aryl methyl sites for hydroxylation is 1. The third-order valence-electron chi connectivity index (χ3n) is 8.20. The van der Waals surface area contributed by atoms with Crippen molar-refractivity contribution in [2.24, 2.45) is 11.8 Å². The van der Waals surface area contributed by atoms with Crippen LogP contribution in [0.5, 0.6) is 5.75 Å². The summed E-state index contributed by atoms with van der Waals surface area (Å²) in [6.07, 6.45) is 10.4. The van der Waals surface area contributed by atoms with Crippen molar-refractivity contribution < 1.29 is 9.53 Å². The Bertz CT molecular complexity index is 1290. The summed E-state index contributed by atoms with van der Waals surface area (Å²) in [5.41, 5.74) is 7.34. The summed E-state index contributed by atoms with van der Waals surface area (Å²) in [5, 5.41) is 8.00. The Hall–Kier alpha value is -2.85. The monoisotopic (exact) mass is 622 g/mol. The lowest BCUT2D eigenvalue weighted by molar-refractivity contribution is -0.118. The molecule has 1 aromatic heterocycles. The number of carbonyl (C=O) groups is 1. The molecule has 4 rings (SSSR count). The summed E-state index contributed by atoms with van der Waals surface area (Å²) in [7, 11) is 0. The third-order valence-corrected chi connectivity index (χ3v) is 8.44. The Labute approximate surface area is 274 Å². The minimum Gasteiger partial charge on any atom is -0.493 e. The molecular formula is C39H59ClN2O2. The van der Waals surface area contributed by atoms with E-state index in [9.17, 15) is 4.79 Å². The molecule has 3 aromatic rings. The number of H-pyrrole nitrogens is 1. The molecular weight excluding hydrogens is 564 g/mol. The van der Waals surface area contributed by atoms with E-state index in [2.05, 4.69) is 69.9 Å². The van der Waals surface area contributed by atoms with E-state index in [0.717, 1.165) is 58.0 Å². The number of ketones is 1. The van der Waals surface area contributed by atoms with Gasteiger partial charge in [0.15, 0.2) is 5.78 Å². The molecule has 244 valence electrons. The molecule has 1 aliphatic heterocycles. The highest BCUT2D eigenvalue weighted by atomic mass is 35.5. The number of halogens is 1. The zero-order valence-corrected chi connectivity index (χ0v) is 30.2. The lowest BCUT2D eigenvalue weighted by Crippen LogP contribution is -2.29. The van der Waals surface area contributed by atoms with Gasteiger partial charge in [-0.1, -0.05) is 124 Å². The molecule has 2 heterocycles. The van der Waals surface area contributed by atoms with Gasteiger partial charge in [0.2, 0.25) is 0 Å². The molecule has 2 unspecified atom stereocenters. The van der Waals surface area contributed by atoms with Gasteiger partial charge in [0.05, 0.1) is 18.7 Å². The summed E-state index contributed by atoms with van der Waals surface area (Å²) in [4.78, 5) is 13.7. The summed E-state index contributed by atoms with van der Waals surface area (Å²) in [6.45, 7) is 23.7. The smallest absolute Gasteiger partial charge is 0.169 e.